The molecule has 0 unspecified atom stereocenters. The van der Waals surface area contributed by atoms with Crippen LogP contribution >= 0.6 is 34.2 Å². The lowest BCUT2D eigenvalue weighted by Crippen LogP contribution is -2.17. The van der Waals surface area contributed by atoms with Gasteiger partial charge in [-0.15, -0.1) is 0 Å². The van der Waals surface area contributed by atoms with Crippen LogP contribution in [0.15, 0.2) is 53.6 Å². The molecule has 2 aromatic carbocycles. The van der Waals surface area contributed by atoms with Crippen LogP contribution in [0, 0.1) is 17.4 Å². The highest BCUT2D eigenvalue weighted by atomic mass is 127. The number of carbonyl (C=O) groups excluding carboxylic acids is 1. The molecule has 1 amide bonds. The van der Waals surface area contributed by atoms with E-state index in [0.717, 1.165) is 22.6 Å². The van der Waals surface area contributed by atoms with E-state index in [1.54, 1.807) is 18.3 Å². The molecule has 2 N–H and O–H groups in total. The fourth-order valence-corrected chi connectivity index (χ4v) is 3.33. The maximum Gasteiger partial charge on any atom is 0.271 e. The second-order valence-corrected chi connectivity index (χ2v) is 7.61. The highest BCUT2D eigenvalue weighted by Gasteiger charge is 2.10. The Kier molecular flexibility index (Phi) is 5.86. The van der Waals surface area contributed by atoms with Crippen LogP contribution in [-0.2, 0) is 0 Å². The van der Waals surface area contributed by atoms with Gasteiger partial charge in [-0.2, -0.15) is 5.10 Å². The number of phenolic OH excluding ortho intramolecular Hbond substituents is 1. The topological polar surface area (TPSA) is 66.6 Å². The van der Waals surface area contributed by atoms with Crippen LogP contribution in [0.3, 0.4) is 0 Å². The van der Waals surface area contributed by atoms with E-state index in [2.05, 4.69) is 15.1 Å². The van der Waals surface area contributed by atoms with Crippen molar-refractivity contribution in [2.75, 3.05) is 0 Å². The molecule has 7 heteroatoms. The van der Waals surface area contributed by atoms with Gasteiger partial charge in [-0.1, -0.05) is 17.7 Å². The summed E-state index contributed by atoms with van der Waals surface area (Å²) in [6, 6.07) is 14.3. The van der Waals surface area contributed by atoms with Crippen LogP contribution in [0.25, 0.3) is 5.69 Å². The zero-order valence-electron chi connectivity index (χ0n) is 14.7. The van der Waals surface area contributed by atoms with Gasteiger partial charge in [0.25, 0.3) is 5.91 Å². The summed E-state index contributed by atoms with van der Waals surface area (Å²) in [5.41, 5.74) is 6.70. The number of benzene rings is 2. The van der Waals surface area contributed by atoms with Crippen LogP contribution in [0.1, 0.15) is 27.3 Å². The van der Waals surface area contributed by atoms with E-state index in [1.807, 2.05) is 66.8 Å². The average molecular weight is 494 g/mol. The van der Waals surface area contributed by atoms with E-state index >= 15 is 0 Å². The predicted octanol–water partition coefficient (Wildman–Crippen LogP) is 4.82. The molecular weight excluding hydrogens is 477 g/mol. The number of phenols is 1. The van der Waals surface area contributed by atoms with Gasteiger partial charge in [-0.25, -0.2) is 5.43 Å². The monoisotopic (exact) mass is 493 g/mol. The first-order chi connectivity index (χ1) is 12.9. The van der Waals surface area contributed by atoms with E-state index in [0.29, 0.717) is 14.2 Å². The van der Waals surface area contributed by atoms with Crippen molar-refractivity contribution in [3.63, 3.8) is 0 Å². The molecule has 3 aromatic rings. The lowest BCUT2D eigenvalue weighted by atomic mass is 10.2. The largest absolute Gasteiger partial charge is 0.507 e. The number of hydrogen-bond donors (Lipinski definition) is 2. The number of hydrogen-bond acceptors (Lipinski definition) is 3. The number of nitrogens with zero attached hydrogens (tertiary/aromatic N) is 2. The minimum atomic E-state index is -0.387. The summed E-state index contributed by atoms with van der Waals surface area (Å²) < 4.78 is 2.76. The molecule has 0 spiro atoms. The second kappa shape index (κ2) is 8.14. The van der Waals surface area contributed by atoms with Crippen LogP contribution < -0.4 is 5.43 Å². The first-order valence-corrected chi connectivity index (χ1v) is 9.59. The van der Waals surface area contributed by atoms with Gasteiger partial charge in [0.2, 0.25) is 0 Å². The molecular formula is C20H17ClIN3O2. The Morgan fingerprint density at radius 1 is 1.22 bits per heavy atom. The summed E-state index contributed by atoms with van der Waals surface area (Å²) in [6.45, 7) is 3.98. The normalized spacial score (nSPS) is 11.1. The number of carbonyl (C=O) groups is 1. The number of rotatable bonds is 4. The summed E-state index contributed by atoms with van der Waals surface area (Å²) in [4.78, 5) is 12.2. The molecule has 0 aliphatic heterocycles. The summed E-state index contributed by atoms with van der Waals surface area (Å²) in [6.07, 6.45) is 1.60. The summed E-state index contributed by atoms with van der Waals surface area (Å²) in [5.74, 6) is -0.320. The fraction of sp³-hybridized carbons (Fsp3) is 0.100. The van der Waals surface area contributed by atoms with Crippen LogP contribution in [-0.4, -0.2) is 21.8 Å². The highest BCUT2D eigenvalue weighted by Crippen LogP contribution is 2.22. The Bertz CT molecular complexity index is 1040. The van der Waals surface area contributed by atoms with Gasteiger partial charge in [0.1, 0.15) is 5.75 Å². The number of hydrazone groups is 1. The first kappa shape index (κ1) is 19.4. The third-order valence-electron chi connectivity index (χ3n) is 4.11. The summed E-state index contributed by atoms with van der Waals surface area (Å²) >= 11 is 8.09. The van der Waals surface area contributed by atoms with Crippen molar-refractivity contribution >= 4 is 46.3 Å². The van der Waals surface area contributed by atoms with E-state index in [4.69, 9.17) is 11.6 Å². The van der Waals surface area contributed by atoms with Crippen molar-refractivity contribution < 1.29 is 9.90 Å². The minimum Gasteiger partial charge on any atom is -0.507 e. The Labute approximate surface area is 175 Å². The molecule has 5 nitrogen and oxygen atoms in total. The first-order valence-electron chi connectivity index (χ1n) is 8.13. The maximum atomic E-state index is 12.2. The van der Waals surface area contributed by atoms with E-state index in [-0.39, 0.29) is 11.7 Å². The molecule has 0 fully saturated rings. The van der Waals surface area contributed by atoms with Gasteiger partial charge in [0.05, 0.1) is 9.78 Å². The van der Waals surface area contributed by atoms with Crippen molar-refractivity contribution in [1.29, 1.82) is 0 Å². The highest BCUT2D eigenvalue weighted by molar-refractivity contribution is 14.1. The number of aromatic hydroxyl groups is 1. The second-order valence-electron chi connectivity index (χ2n) is 6.01. The van der Waals surface area contributed by atoms with Crippen molar-refractivity contribution in [3.05, 3.63) is 79.6 Å². The Morgan fingerprint density at radius 2 is 2.00 bits per heavy atom. The van der Waals surface area contributed by atoms with Gasteiger partial charge in [0, 0.05) is 33.2 Å². The quantitative estimate of drug-likeness (QED) is 0.311. The number of aryl methyl sites for hydroxylation is 1. The average Bonchev–Trinajstić information content (AvgIpc) is 2.91. The SMILES string of the molecule is Cc1cc(/C=N\NC(=O)c2ccc(I)c(O)c2)c(C)n1-c1cccc(Cl)c1. The number of halogens is 2. The molecule has 27 heavy (non-hydrogen) atoms. The Morgan fingerprint density at radius 3 is 2.70 bits per heavy atom. The molecule has 0 saturated heterocycles. The van der Waals surface area contributed by atoms with Crippen molar-refractivity contribution in [1.82, 2.24) is 9.99 Å². The number of amides is 1. The van der Waals surface area contributed by atoms with Crippen LogP contribution in [0.4, 0.5) is 0 Å². The Hall–Kier alpha value is -2.32. The van der Waals surface area contributed by atoms with E-state index < -0.39 is 0 Å². The molecule has 0 aliphatic rings. The molecule has 0 bridgehead atoms. The van der Waals surface area contributed by atoms with Gasteiger partial charge in [0.15, 0.2) is 0 Å². The third kappa shape index (κ3) is 4.33. The fourth-order valence-electron chi connectivity index (χ4n) is 2.81. The molecule has 0 aliphatic carbocycles. The van der Waals surface area contributed by atoms with Gasteiger partial charge in [-0.05, 0) is 78.9 Å². The summed E-state index contributed by atoms with van der Waals surface area (Å²) in [5, 5.41) is 14.4. The minimum absolute atomic E-state index is 0.0669. The van der Waals surface area contributed by atoms with Gasteiger partial charge < -0.3 is 9.67 Å². The molecule has 0 radical (unpaired) electrons. The van der Waals surface area contributed by atoms with Crippen LogP contribution in [0.5, 0.6) is 5.75 Å². The lowest BCUT2D eigenvalue weighted by Gasteiger charge is -2.09. The van der Waals surface area contributed by atoms with Crippen molar-refractivity contribution in [2.24, 2.45) is 5.10 Å². The van der Waals surface area contributed by atoms with Crippen molar-refractivity contribution in [2.45, 2.75) is 13.8 Å². The van der Waals surface area contributed by atoms with Gasteiger partial charge in [-0.3, -0.25) is 4.79 Å². The zero-order chi connectivity index (χ0) is 19.6. The molecule has 0 saturated carbocycles. The lowest BCUT2D eigenvalue weighted by molar-refractivity contribution is 0.0954. The summed E-state index contributed by atoms with van der Waals surface area (Å²) in [7, 11) is 0. The molecule has 0 atom stereocenters. The van der Waals surface area contributed by atoms with E-state index in [9.17, 15) is 9.90 Å². The molecule has 3 rings (SSSR count). The molecule has 138 valence electrons. The smallest absolute Gasteiger partial charge is 0.271 e. The number of aromatic nitrogens is 1. The zero-order valence-corrected chi connectivity index (χ0v) is 17.6. The molecule has 1 aromatic heterocycles. The standard InChI is InChI=1S/C20H17ClIN3O2/c1-12-8-15(13(2)25(12)17-5-3-4-16(21)10-17)11-23-24-20(27)14-6-7-18(22)19(26)9-14/h3-11,26H,1-2H3,(H,24,27)/b23-11-. The predicted molar refractivity (Wildman–Crippen MR) is 116 cm³/mol. The van der Waals surface area contributed by atoms with Crippen molar-refractivity contribution in [3.8, 4) is 11.4 Å². The third-order valence-corrected chi connectivity index (χ3v) is 5.26. The number of nitrogens with one attached hydrogen (secondary N) is 1. The maximum absolute atomic E-state index is 12.2. The van der Waals surface area contributed by atoms with E-state index in [1.165, 1.54) is 6.07 Å². The van der Waals surface area contributed by atoms with Crippen LogP contribution in [0.2, 0.25) is 5.02 Å². The Balaban J connectivity index is 1.79. The van der Waals surface area contributed by atoms with Gasteiger partial charge >= 0.3 is 0 Å². The molecule has 1 heterocycles.